The van der Waals surface area contributed by atoms with Crippen molar-refractivity contribution in [1.29, 1.82) is 0 Å². The van der Waals surface area contributed by atoms with Gasteiger partial charge in [0.2, 0.25) is 0 Å². The molecule has 1 heterocycles. The van der Waals surface area contributed by atoms with Crippen LogP contribution in [0.25, 0.3) is 0 Å². The highest BCUT2D eigenvalue weighted by molar-refractivity contribution is 5.95. The van der Waals surface area contributed by atoms with Crippen LogP contribution in [-0.2, 0) is 0 Å². The molecule has 0 spiro atoms. The van der Waals surface area contributed by atoms with Crippen LogP contribution in [0.5, 0.6) is 0 Å². The second-order valence-corrected chi connectivity index (χ2v) is 4.46. The number of carbonyl (C=O) groups is 1. The normalized spacial score (nSPS) is 11.6. The predicted octanol–water partition coefficient (Wildman–Crippen LogP) is 2.62. The highest BCUT2D eigenvalue weighted by Gasteiger charge is 2.03. The van der Waals surface area contributed by atoms with Crippen molar-refractivity contribution >= 4 is 11.6 Å². The minimum absolute atomic E-state index is 0.198. The van der Waals surface area contributed by atoms with Crippen LogP contribution >= 0.6 is 0 Å². The predicted molar refractivity (Wildman–Crippen MR) is 68.9 cm³/mol. The van der Waals surface area contributed by atoms with Gasteiger partial charge in [0.25, 0.3) is 5.91 Å². The van der Waals surface area contributed by atoms with Gasteiger partial charge in [0.15, 0.2) is 0 Å². The molecule has 0 aliphatic heterocycles. The Morgan fingerprint density at radius 2 is 2.06 bits per heavy atom. The Labute approximate surface area is 102 Å². The summed E-state index contributed by atoms with van der Waals surface area (Å²) in [6.45, 7) is 6.26. The molecule has 0 bridgehead atoms. The van der Waals surface area contributed by atoms with Crippen LogP contribution in [0.1, 0.15) is 44.0 Å². The Bertz CT molecular complexity index is 385. The Balaban J connectivity index is 2.44. The zero-order valence-electron chi connectivity index (χ0n) is 10.6. The summed E-state index contributed by atoms with van der Waals surface area (Å²) in [4.78, 5) is 15.5. The maximum Gasteiger partial charge on any atom is 0.271 e. The first-order valence-electron chi connectivity index (χ1n) is 5.83. The molecule has 0 aromatic carbocycles. The molecule has 1 rings (SSSR count). The van der Waals surface area contributed by atoms with Gasteiger partial charge in [-0.3, -0.25) is 9.78 Å². The molecule has 0 saturated heterocycles. The number of carbonyl (C=O) groups excluding carboxylic acids is 1. The largest absolute Gasteiger partial charge is 0.271 e. The average molecular weight is 233 g/mol. The van der Waals surface area contributed by atoms with Gasteiger partial charge in [0, 0.05) is 23.7 Å². The topological polar surface area (TPSA) is 54.4 Å². The molecule has 0 aliphatic rings. The standard InChI is InChI=1S/C13H19N3O/c1-10(2)4-5-11(3)15-16-13(17)12-6-8-14-9-7-12/h6-10H,4-5H2,1-3H3,(H,16,17)/b15-11-. The molecule has 0 unspecified atom stereocenters. The van der Waals surface area contributed by atoms with Crippen molar-refractivity contribution in [2.45, 2.75) is 33.6 Å². The first-order valence-corrected chi connectivity index (χ1v) is 5.83. The van der Waals surface area contributed by atoms with Gasteiger partial charge in [-0.1, -0.05) is 13.8 Å². The summed E-state index contributed by atoms with van der Waals surface area (Å²) in [6.07, 6.45) is 5.17. The third-order valence-electron chi connectivity index (χ3n) is 2.37. The summed E-state index contributed by atoms with van der Waals surface area (Å²) < 4.78 is 0. The van der Waals surface area contributed by atoms with Gasteiger partial charge in [-0.15, -0.1) is 0 Å². The molecule has 0 saturated carbocycles. The summed E-state index contributed by atoms with van der Waals surface area (Å²) in [5.74, 6) is 0.451. The van der Waals surface area contributed by atoms with Crippen molar-refractivity contribution in [2.24, 2.45) is 11.0 Å². The number of hydrogen-bond donors (Lipinski definition) is 1. The van der Waals surface area contributed by atoms with Crippen LogP contribution in [0, 0.1) is 5.92 Å². The number of hydrogen-bond acceptors (Lipinski definition) is 3. The second-order valence-electron chi connectivity index (χ2n) is 4.46. The van der Waals surface area contributed by atoms with Gasteiger partial charge < -0.3 is 0 Å². The van der Waals surface area contributed by atoms with E-state index in [9.17, 15) is 4.79 Å². The number of nitrogens with zero attached hydrogens (tertiary/aromatic N) is 2. The van der Waals surface area contributed by atoms with Crippen molar-refractivity contribution in [1.82, 2.24) is 10.4 Å². The third kappa shape index (κ3) is 5.24. The smallest absolute Gasteiger partial charge is 0.267 e. The molecule has 0 radical (unpaired) electrons. The van der Waals surface area contributed by atoms with Crippen LogP contribution in [0.15, 0.2) is 29.6 Å². The molecule has 1 amide bonds. The minimum Gasteiger partial charge on any atom is -0.267 e. The van der Waals surface area contributed by atoms with Gasteiger partial charge in [-0.05, 0) is 37.8 Å². The summed E-state index contributed by atoms with van der Waals surface area (Å²) >= 11 is 0. The van der Waals surface area contributed by atoms with E-state index >= 15 is 0 Å². The molecule has 4 nitrogen and oxygen atoms in total. The van der Waals surface area contributed by atoms with Crippen LogP contribution < -0.4 is 5.43 Å². The molecular weight excluding hydrogens is 214 g/mol. The fourth-order valence-electron chi connectivity index (χ4n) is 1.27. The molecule has 1 N–H and O–H groups in total. The van der Waals surface area contributed by atoms with Gasteiger partial charge in [-0.25, -0.2) is 5.43 Å². The van der Waals surface area contributed by atoms with E-state index in [4.69, 9.17) is 0 Å². The molecule has 1 aromatic heterocycles. The molecule has 92 valence electrons. The Kier molecular flexibility index (Phi) is 5.33. The first-order chi connectivity index (χ1) is 8.09. The molecule has 0 fully saturated rings. The molecular formula is C13H19N3O. The van der Waals surface area contributed by atoms with Crippen molar-refractivity contribution in [3.8, 4) is 0 Å². The summed E-state index contributed by atoms with van der Waals surface area (Å²) in [5, 5.41) is 4.07. The molecule has 0 aliphatic carbocycles. The van der Waals surface area contributed by atoms with Crippen LogP contribution in [0.3, 0.4) is 0 Å². The van der Waals surface area contributed by atoms with E-state index in [1.54, 1.807) is 24.5 Å². The van der Waals surface area contributed by atoms with E-state index in [0.717, 1.165) is 18.6 Å². The lowest BCUT2D eigenvalue weighted by molar-refractivity contribution is 0.0954. The fourth-order valence-corrected chi connectivity index (χ4v) is 1.27. The quantitative estimate of drug-likeness (QED) is 0.628. The first kappa shape index (κ1) is 13.4. The van der Waals surface area contributed by atoms with E-state index in [1.807, 2.05) is 6.92 Å². The Morgan fingerprint density at radius 1 is 1.41 bits per heavy atom. The number of pyridine rings is 1. The minimum atomic E-state index is -0.198. The third-order valence-corrected chi connectivity index (χ3v) is 2.37. The van der Waals surface area contributed by atoms with E-state index in [1.165, 1.54) is 0 Å². The van der Waals surface area contributed by atoms with Gasteiger partial charge >= 0.3 is 0 Å². The number of rotatable bonds is 5. The molecule has 4 heteroatoms. The number of aromatic nitrogens is 1. The highest BCUT2D eigenvalue weighted by atomic mass is 16.2. The highest BCUT2D eigenvalue weighted by Crippen LogP contribution is 2.04. The fraction of sp³-hybridized carbons (Fsp3) is 0.462. The lowest BCUT2D eigenvalue weighted by atomic mass is 10.1. The number of nitrogens with one attached hydrogen (secondary N) is 1. The van der Waals surface area contributed by atoms with E-state index in [0.29, 0.717) is 11.5 Å². The number of amides is 1. The maximum absolute atomic E-state index is 11.6. The monoisotopic (exact) mass is 233 g/mol. The Morgan fingerprint density at radius 3 is 2.65 bits per heavy atom. The zero-order valence-corrected chi connectivity index (χ0v) is 10.6. The van der Waals surface area contributed by atoms with Crippen molar-refractivity contribution in [3.63, 3.8) is 0 Å². The summed E-state index contributed by atoms with van der Waals surface area (Å²) in [5.41, 5.74) is 4.06. The Hall–Kier alpha value is -1.71. The summed E-state index contributed by atoms with van der Waals surface area (Å²) in [6, 6.07) is 3.32. The van der Waals surface area contributed by atoms with E-state index in [-0.39, 0.29) is 5.91 Å². The van der Waals surface area contributed by atoms with Crippen LogP contribution in [-0.4, -0.2) is 16.6 Å². The average Bonchev–Trinajstić information content (AvgIpc) is 2.34. The van der Waals surface area contributed by atoms with Crippen LogP contribution in [0.2, 0.25) is 0 Å². The van der Waals surface area contributed by atoms with Crippen molar-refractivity contribution in [3.05, 3.63) is 30.1 Å². The number of hydrazone groups is 1. The van der Waals surface area contributed by atoms with Gasteiger partial charge in [0.05, 0.1) is 0 Å². The van der Waals surface area contributed by atoms with Gasteiger partial charge in [0.1, 0.15) is 0 Å². The van der Waals surface area contributed by atoms with Crippen LogP contribution in [0.4, 0.5) is 0 Å². The summed E-state index contributed by atoms with van der Waals surface area (Å²) in [7, 11) is 0. The SMILES string of the molecule is C/C(CCC(C)C)=N/NC(=O)c1ccncc1. The van der Waals surface area contributed by atoms with Crippen molar-refractivity contribution in [2.75, 3.05) is 0 Å². The van der Waals surface area contributed by atoms with E-state index in [2.05, 4.69) is 29.4 Å². The second kappa shape index (κ2) is 6.78. The van der Waals surface area contributed by atoms with Crippen molar-refractivity contribution < 1.29 is 4.79 Å². The molecule has 17 heavy (non-hydrogen) atoms. The molecule has 0 atom stereocenters. The zero-order chi connectivity index (χ0) is 12.7. The molecule has 1 aromatic rings. The lowest BCUT2D eigenvalue weighted by Crippen LogP contribution is -2.19. The van der Waals surface area contributed by atoms with E-state index < -0.39 is 0 Å². The lowest BCUT2D eigenvalue weighted by Gasteiger charge is -2.04. The maximum atomic E-state index is 11.6. The van der Waals surface area contributed by atoms with Gasteiger partial charge in [-0.2, -0.15) is 5.10 Å².